The minimum absolute atomic E-state index is 0.0104. The van der Waals surface area contributed by atoms with Gasteiger partial charge in [0, 0.05) is 11.8 Å². The lowest BCUT2D eigenvalue weighted by molar-refractivity contribution is 0.172. The van der Waals surface area contributed by atoms with Crippen molar-refractivity contribution in [1.29, 1.82) is 0 Å². The predicted octanol–water partition coefficient (Wildman–Crippen LogP) is 2.45. The number of aromatic nitrogens is 1. The van der Waals surface area contributed by atoms with Gasteiger partial charge in [-0.3, -0.25) is 9.71 Å². The van der Waals surface area contributed by atoms with Crippen LogP contribution in [0.2, 0.25) is 0 Å². The summed E-state index contributed by atoms with van der Waals surface area (Å²) in [5.74, 6) is 1.01. The van der Waals surface area contributed by atoms with Crippen molar-refractivity contribution in [3.63, 3.8) is 0 Å². The number of aliphatic imine (C=N–C) groups is 1. The van der Waals surface area contributed by atoms with Crippen LogP contribution in [0.3, 0.4) is 0 Å². The fourth-order valence-electron chi connectivity index (χ4n) is 3.16. The smallest absolute Gasteiger partial charge is 0.266 e. The van der Waals surface area contributed by atoms with Gasteiger partial charge < -0.3 is 24.5 Å². The van der Waals surface area contributed by atoms with Crippen LogP contribution in [0.15, 0.2) is 57.0 Å². The highest BCUT2D eigenvalue weighted by atomic mass is 32.2. The van der Waals surface area contributed by atoms with Crippen molar-refractivity contribution < 1.29 is 27.2 Å². The summed E-state index contributed by atoms with van der Waals surface area (Å²) in [6, 6.07) is 7.97. The first kappa shape index (κ1) is 20.5. The molecular weight excluding hydrogens is 424 g/mol. The van der Waals surface area contributed by atoms with Crippen LogP contribution in [0.4, 0.5) is 5.82 Å². The first-order valence-electron chi connectivity index (χ1n) is 9.28. The largest absolute Gasteiger partial charge is 0.495 e. The van der Waals surface area contributed by atoms with E-state index in [9.17, 15) is 8.42 Å². The Morgan fingerprint density at radius 1 is 1.26 bits per heavy atom. The summed E-state index contributed by atoms with van der Waals surface area (Å²) in [5.41, 5.74) is 6.35. The van der Waals surface area contributed by atoms with Gasteiger partial charge in [0.05, 0.1) is 13.7 Å². The van der Waals surface area contributed by atoms with Gasteiger partial charge in [-0.2, -0.15) is 0 Å². The van der Waals surface area contributed by atoms with Crippen molar-refractivity contribution in [1.82, 2.24) is 5.16 Å². The van der Waals surface area contributed by atoms with Crippen LogP contribution in [0, 0.1) is 0 Å². The second-order valence-electron chi connectivity index (χ2n) is 6.43. The average molecular weight is 444 g/mol. The van der Waals surface area contributed by atoms with Crippen LogP contribution in [0.1, 0.15) is 5.56 Å². The van der Waals surface area contributed by atoms with Crippen LogP contribution < -0.4 is 24.7 Å². The fraction of sp³-hybridized carbons (Fsp3) is 0.200. The number of anilines is 1. The van der Waals surface area contributed by atoms with E-state index < -0.39 is 10.0 Å². The molecule has 3 aromatic rings. The van der Waals surface area contributed by atoms with Gasteiger partial charge in [0.15, 0.2) is 22.9 Å². The molecule has 3 N–H and O–H groups in total. The quantitative estimate of drug-likeness (QED) is 0.530. The van der Waals surface area contributed by atoms with Crippen LogP contribution in [0.25, 0.3) is 11.0 Å². The van der Waals surface area contributed by atoms with Gasteiger partial charge in [0.2, 0.25) is 0 Å². The van der Waals surface area contributed by atoms with E-state index in [2.05, 4.69) is 14.9 Å². The zero-order valence-corrected chi connectivity index (χ0v) is 17.4. The van der Waals surface area contributed by atoms with E-state index in [1.165, 1.54) is 19.4 Å². The number of para-hydroxylation sites is 1. The predicted molar refractivity (Wildman–Crippen MR) is 114 cm³/mol. The Morgan fingerprint density at radius 3 is 2.81 bits per heavy atom. The molecule has 0 atom stereocenters. The van der Waals surface area contributed by atoms with Crippen molar-refractivity contribution in [3.8, 4) is 17.2 Å². The van der Waals surface area contributed by atoms with E-state index in [-0.39, 0.29) is 23.0 Å². The molecule has 1 aliphatic heterocycles. The maximum Gasteiger partial charge on any atom is 0.266 e. The van der Waals surface area contributed by atoms with Crippen molar-refractivity contribution in [2.75, 3.05) is 25.0 Å². The minimum Gasteiger partial charge on any atom is -0.495 e. The lowest BCUT2D eigenvalue weighted by atomic mass is 10.1. The van der Waals surface area contributed by atoms with Crippen molar-refractivity contribution in [3.05, 3.63) is 48.2 Å². The lowest BCUT2D eigenvalue weighted by Crippen LogP contribution is -2.18. The van der Waals surface area contributed by atoms with Crippen LogP contribution in [-0.4, -0.2) is 40.1 Å². The van der Waals surface area contributed by atoms with Crippen molar-refractivity contribution >= 4 is 33.0 Å². The second kappa shape index (κ2) is 8.56. The molecule has 2 aromatic carbocycles. The number of nitrogens with one attached hydrogen (secondary N) is 1. The zero-order valence-electron chi connectivity index (χ0n) is 16.6. The molecule has 0 fully saturated rings. The first-order chi connectivity index (χ1) is 15.0. The molecule has 0 saturated carbocycles. The minimum atomic E-state index is -4.01. The van der Waals surface area contributed by atoms with E-state index in [1.54, 1.807) is 36.6 Å². The average Bonchev–Trinajstić information content (AvgIpc) is 3.18. The van der Waals surface area contributed by atoms with Gasteiger partial charge >= 0.3 is 0 Å². The Labute approximate surface area is 178 Å². The molecular formula is C20H20N4O6S. The van der Waals surface area contributed by atoms with Crippen molar-refractivity contribution in [2.24, 2.45) is 10.7 Å². The number of ether oxygens (including phenoxy) is 3. The number of fused-ring (bicyclic) bond motifs is 3. The molecule has 0 amide bonds. The third kappa shape index (κ3) is 3.99. The number of nitrogens with zero attached hydrogens (tertiary/aromatic N) is 2. The summed E-state index contributed by atoms with van der Waals surface area (Å²) in [6.07, 6.45) is 4.54. The molecule has 1 aromatic heterocycles. The highest BCUT2D eigenvalue weighted by Crippen LogP contribution is 2.44. The normalized spacial score (nSPS) is 13.8. The van der Waals surface area contributed by atoms with Crippen LogP contribution in [0.5, 0.6) is 17.2 Å². The van der Waals surface area contributed by atoms with E-state index in [0.717, 1.165) is 0 Å². The first-order valence-corrected chi connectivity index (χ1v) is 10.8. The monoisotopic (exact) mass is 444 g/mol. The molecule has 11 heteroatoms. The van der Waals surface area contributed by atoms with E-state index in [0.29, 0.717) is 41.2 Å². The number of hydrogen-bond acceptors (Lipinski definition) is 9. The molecule has 2 heterocycles. The maximum absolute atomic E-state index is 13.0. The number of sulfonamides is 1. The van der Waals surface area contributed by atoms with E-state index in [1.807, 2.05) is 0 Å². The Kier molecular flexibility index (Phi) is 5.67. The number of nitrogens with two attached hydrogens (primary N) is 1. The lowest BCUT2D eigenvalue weighted by Gasteiger charge is -2.21. The molecule has 4 rings (SSSR count). The maximum atomic E-state index is 13.0. The molecule has 0 bridgehead atoms. The Morgan fingerprint density at radius 2 is 2.03 bits per heavy atom. The Balaban J connectivity index is 1.77. The van der Waals surface area contributed by atoms with Gasteiger partial charge in [0.1, 0.15) is 29.2 Å². The third-order valence-electron chi connectivity index (χ3n) is 4.48. The van der Waals surface area contributed by atoms with Gasteiger partial charge in [-0.05, 0) is 30.5 Å². The fourth-order valence-corrected chi connectivity index (χ4v) is 4.34. The molecule has 0 unspecified atom stereocenters. The van der Waals surface area contributed by atoms with Crippen LogP contribution in [-0.2, 0) is 16.6 Å². The number of allylic oxidation sites excluding steroid dienone is 1. The standard InChI is InChI=1S/C20H20N4O6S/c1-27-14-5-2-3-6-16(14)31(25,26)24-20-17-15(30-23-20)11-13(12-22-8-4-7-21)18-19(17)29-10-9-28-18/h2-8,11H,9-10,12,21H2,1H3,(H,23,24). The molecule has 0 radical (unpaired) electrons. The summed E-state index contributed by atoms with van der Waals surface area (Å²) in [7, 11) is -2.61. The topological polar surface area (TPSA) is 138 Å². The molecule has 0 spiro atoms. The molecule has 162 valence electrons. The molecule has 10 nitrogen and oxygen atoms in total. The van der Waals surface area contributed by atoms with Gasteiger partial charge in [-0.25, -0.2) is 8.42 Å². The molecule has 31 heavy (non-hydrogen) atoms. The van der Waals surface area contributed by atoms with Crippen LogP contribution >= 0.6 is 0 Å². The summed E-state index contributed by atoms with van der Waals surface area (Å²) < 4.78 is 50.6. The van der Waals surface area contributed by atoms with Gasteiger partial charge in [0.25, 0.3) is 10.0 Å². The van der Waals surface area contributed by atoms with E-state index >= 15 is 0 Å². The SMILES string of the molecule is COc1ccccc1S(=O)(=O)Nc1noc2cc(CN=CC=CN)c3c(c12)OCCO3. The number of benzene rings is 2. The Bertz CT molecular complexity index is 1270. The number of rotatable bonds is 7. The highest BCUT2D eigenvalue weighted by Gasteiger charge is 2.28. The summed E-state index contributed by atoms with van der Waals surface area (Å²) in [6.45, 7) is 0.940. The third-order valence-corrected chi connectivity index (χ3v) is 5.86. The van der Waals surface area contributed by atoms with Crippen molar-refractivity contribution in [2.45, 2.75) is 11.4 Å². The zero-order chi connectivity index (χ0) is 21.8. The summed E-state index contributed by atoms with van der Waals surface area (Å²) in [4.78, 5) is 4.23. The molecule has 0 saturated heterocycles. The molecule has 0 aliphatic carbocycles. The highest BCUT2D eigenvalue weighted by molar-refractivity contribution is 7.92. The van der Waals surface area contributed by atoms with E-state index in [4.69, 9.17) is 24.5 Å². The number of methoxy groups -OCH3 is 1. The van der Waals surface area contributed by atoms with Gasteiger partial charge in [-0.1, -0.05) is 17.3 Å². The second-order valence-corrected chi connectivity index (χ2v) is 8.08. The Hall–Kier alpha value is -3.73. The summed E-state index contributed by atoms with van der Waals surface area (Å²) >= 11 is 0. The number of hydrogen-bond donors (Lipinski definition) is 2. The molecule has 1 aliphatic rings. The van der Waals surface area contributed by atoms with Gasteiger partial charge in [-0.15, -0.1) is 0 Å². The summed E-state index contributed by atoms with van der Waals surface area (Å²) in [5, 5.41) is 4.28.